The normalized spacial score (nSPS) is 13.3. The zero-order valence-electron chi connectivity index (χ0n) is 12.2. The van der Waals surface area contributed by atoms with Gasteiger partial charge in [0.05, 0.1) is 30.6 Å². The molecule has 0 atom stereocenters. The molecule has 0 spiro atoms. The van der Waals surface area contributed by atoms with Gasteiger partial charge >= 0.3 is 5.97 Å². The first-order valence-corrected chi connectivity index (χ1v) is 6.98. The molecule has 1 N–H and O–H groups in total. The van der Waals surface area contributed by atoms with E-state index in [4.69, 9.17) is 0 Å². The lowest BCUT2D eigenvalue weighted by molar-refractivity contribution is -0.115. The van der Waals surface area contributed by atoms with Crippen molar-refractivity contribution in [1.82, 2.24) is 0 Å². The molecular formula is C17H16N2O3. The number of hydrogen-bond acceptors (Lipinski definition) is 4. The number of benzene rings is 2. The van der Waals surface area contributed by atoms with Crippen LogP contribution in [0.2, 0.25) is 0 Å². The molecule has 0 aromatic heterocycles. The van der Waals surface area contributed by atoms with Gasteiger partial charge in [0.15, 0.2) is 0 Å². The van der Waals surface area contributed by atoms with Crippen LogP contribution in [-0.2, 0) is 16.1 Å². The van der Waals surface area contributed by atoms with Gasteiger partial charge in [-0.3, -0.25) is 4.79 Å². The molecule has 0 radical (unpaired) electrons. The molecule has 2 aromatic carbocycles. The van der Waals surface area contributed by atoms with Crippen LogP contribution in [0.15, 0.2) is 48.5 Å². The molecule has 0 saturated heterocycles. The number of nitrogens with zero attached hydrogens (tertiary/aromatic N) is 1. The molecule has 1 aliphatic rings. The van der Waals surface area contributed by atoms with E-state index in [1.165, 1.54) is 7.11 Å². The molecule has 1 heterocycles. The number of hydrogen-bond donors (Lipinski definition) is 1. The Bertz CT molecular complexity index is 710. The number of carbonyl (C=O) groups excluding carboxylic acids is 2. The lowest BCUT2D eigenvalue weighted by atomic mass is 10.1. The highest BCUT2D eigenvalue weighted by Gasteiger charge is 2.21. The van der Waals surface area contributed by atoms with Crippen LogP contribution in [0.1, 0.15) is 15.9 Å². The second-order valence-electron chi connectivity index (χ2n) is 5.11. The molecule has 1 amide bonds. The first kappa shape index (κ1) is 14.1. The van der Waals surface area contributed by atoms with E-state index in [0.29, 0.717) is 18.7 Å². The number of nitrogens with one attached hydrogen (secondary N) is 1. The number of para-hydroxylation sites is 2. The van der Waals surface area contributed by atoms with Crippen LogP contribution in [0, 0.1) is 0 Å². The SMILES string of the molecule is COC(=O)c1ccc(CN2CC(=O)Nc3ccccc32)cc1. The maximum atomic E-state index is 11.8. The van der Waals surface area contributed by atoms with Crippen molar-refractivity contribution in [2.75, 3.05) is 23.9 Å². The van der Waals surface area contributed by atoms with Gasteiger partial charge < -0.3 is 15.0 Å². The van der Waals surface area contributed by atoms with Gasteiger partial charge in [-0.2, -0.15) is 0 Å². The van der Waals surface area contributed by atoms with Crippen LogP contribution in [0.25, 0.3) is 0 Å². The Morgan fingerprint density at radius 2 is 1.91 bits per heavy atom. The van der Waals surface area contributed by atoms with Gasteiger partial charge in [-0.25, -0.2) is 4.79 Å². The van der Waals surface area contributed by atoms with E-state index in [-0.39, 0.29) is 11.9 Å². The van der Waals surface area contributed by atoms with Crippen LogP contribution < -0.4 is 10.2 Å². The highest BCUT2D eigenvalue weighted by molar-refractivity contribution is 6.01. The summed E-state index contributed by atoms with van der Waals surface area (Å²) in [5, 5.41) is 2.87. The molecule has 0 saturated carbocycles. The molecule has 5 nitrogen and oxygen atoms in total. The van der Waals surface area contributed by atoms with Gasteiger partial charge in [0, 0.05) is 6.54 Å². The van der Waals surface area contributed by atoms with E-state index in [1.54, 1.807) is 12.1 Å². The van der Waals surface area contributed by atoms with Gasteiger partial charge in [-0.15, -0.1) is 0 Å². The van der Waals surface area contributed by atoms with Crippen molar-refractivity contribution in [3.05, 3.63) is 59.7 Å². The molecule has 22 heavy (non-hydrogen) atoms. The van der Waals surface area contributed by atoms with Crippen molar-refractivity contribution in [2.24, 2.45) is 0 Å². The molecule has 0 aliphatic carbocycles. The van der Waals surface area contributed by atoms with Crippen LogP contribution in [-0.4, -0.2) is 25.5 Å². The van der Waals surface area contributed by atoms with Crippen molar-refractivity contribution in [2.45, 2.75) is 6.54 Å². The van der Waals surface area contributed by atoms with Crippen molar-refractivity contribution >= 4 is 23.3 Å². The maximum Gasteiger partial charge on any atom is 0.337 e. The monoisotopic (exact) mass is 296 g/mol. The predicted molar refractivity (Wildman–Crippen MR) is 83.9 cm³/mol. The van der Waals surface area contributed by atoms with Crippen molar-refractivity contribution in [3.8, 4) is 0 Å². The predicted octanol–water partition coefficient (Wildman–Crippen LogP) is 2.43. The van der Waals surface area contributed by atoms with Crippen molar-refractivity contribution in [1.29, 1.82) is 0 Å². The molecular weight excluding hydrogens is 280 g/mol. The number of fused-ring (bicyclic) bond motifs is 1. The molecule has 1 aliphatic heterocycles. The fourth-order valence-electron chi connectivity index (χ4n) is 2.53. The summed E-state index contributed by atoms with van der Waals surface area (Å²) in [4.78, 5) is 25.2. The van der Waals surface area contributed by atoms with Gasteiger partial charge in [0.1, 0.15) is 0 Å². The second-order valence-corrected chi connectivity index (χ2v) is 5.11. The lowest BCUT2D eigenvalue weighted by Gasteiger charge is -2.30. The maximum absolute atomic E-state index is 11.8. The number of methoxy groups -OCH3 is 1. The van der Waals surface area contributed by atoms with Gasteiger partial charge in [-0.05, 0) is 29.8 Å². The molecule has 0 bridgehead atoms. The third kappa shape index (κ3) is 2.79. The fraction of sp³-hybridized carbons (Fsp3) is 0.176. The van der Waals surface area contributed by atoms with E-state index >= 15 is 0 Å². The van der Waals surface area contributed by atoms with E-state index in [2.05, 4.69) is 10.1 Å². The summed E-state index contributed by atoms with van der Waals surface area (Å²) >= 11 is 0. The van der Waals surface area contributed by atoms with Gasteiger partial charge in [-0.1, -0.05) is 24.3 Å². The topological polar surface area (TPSA) is 58.6 Å². The Morgan fingerprint density at radius 1 is 1.18 bits per heavy atom. The first-order valence-electron chi connectivity index (χ1n) is 6.98. The summed E-state index contributed by atoms with van der Waals surface area (Å²) in [5.74, 6) is -0.376. The largest absolute Gasteiger partial charge is 0.465 e. The van der Waals surface area contributed by atoms with Crippen LogP contribution in [0.4, 0.5) is 11.4 Å². The quantitative estimate of drug-likeness (QED) is 0.884. The van der Waals surface area contributed by atoms with Crippen molar-refractivity contribution in [3.63, 3.8) is 0 Å². The standard InChI is InChI=1S/C17H16N2O3/c1-22-17(21)13-8-6-12(7-9-13)10-19-11-16(20)18-14-4-2-3-5-15(14)19/h2-9H,10-11H2,1H3,(H,18,20). The minimum absolute atomic E-state index is 0.0233. The smallest absolute Gasteiger partial charge is 0.337 e. The molecule has 112 valence electrons. The number of carbonyl (C=O) groups is 2. The van der Waals surface area contributed by atoms with Crippen LogP contribution >= 0.6 is 0 Å². The van der Waals surface area contributed by atoms with E-state index in [1.807, 2.05) is 41.3 Å². The zero-order valence-corrected chi connectivity index (χ0v) is 12.2. The van der Waals surface area contributed by atoms with E-state index < -0.39 is 0 Å². The molecule has 0 unspecified atom stereocenters. The summed E-state index contributed by atoms with van der Waals surface area (Å²) in [7, 11) is 1.36. The molecule has 5 heteroatoms. The number of ether oxygens (including phenoxy) is 1. The van der Waals surface area contributed by atoms with Gasteiger partial charge in [0.2, 0.25) is 5.91 Å². The minimum Gasteiger partial charge on any atom is -0.465 e. The Kier molecular flexibility index (Phi) is 3.78. The lowest BCUT2D eigenvalue weighted by Crippen LogP contribution is -2.37. The highest BCUT2D eigenvalue weighted by Crippen LogP contribution is 2.29. The van der Waals surface area contributed by atoms with Gasteiger partial charge in [0.25, 0.3) is 0 Å². The van der Waals surface area contributed by atoms with Crippen molar-refractivity contribution < 1.29 is 14.3 Å². The Labute approximate surface area is 128 Å². The van der Waals surface area contributed by atoms with E-state index in [9.17, 15) is 9.59 Å². The second kappa shape index (κ2) is 5.89. The summed E-state index contributed by atoms with van der Waals surface area (Å²) in [6.07, 6.45) is 0. The number of rotatable bonds is 3. The molecule has 0 fully saturated rings. The average Bonchev–Trinajstić information content (AvgIpc) is 2.54. The molecule has 3 rings (SSSR count). The summed E-state index contributed by atoms with van der Waals surface area (Å²) in [5.41, 5.74) is 3.37. The minimum atomic E-state index is -0.353. The molecule has 2 aromatic rings. The highest BCUT2D eigenvalue weighted by atomic mass is 16.5. The van der Waals surface area contributed by atoms with E-state index in [0.717, 1.165) is 16.9 Å². The number of esters is 1. The number of anilines is 2. The summed E-state index contributed by atoms with van der Waals surface area (Å²) in [6.45, 7) is 0.918. The fourth-order valence-corrected chi connectivity index (χ4v) is 2.53. The van der Waals surface area contributed by atoms with Crippen LogP contribution in [0.3, 0.4) is 0 Å². The third-order valence-corrected chi connectivity index (χ3v) is 3.60. The first-order chi connectivity index (χ1) is 10.7. The van der Waals surface area contributed by atoms with Crippen LogP contribution in [0.5, 0.6) is 0 Å². The summed E-state index contributed by atoms with van der Waals surface area (Å²) in [6, 6.07) is 14.9. The Hall–Kier alpha value is -2.82. The Balaban J connectivity index is 1.81. The Morgan fingerprint density at radius 3 is 2.64 bits per heavy atom. The zero-order chi connectivity index (χ0) is 15.5. The number of amides is 1. The average molecular weight is 296 g/mol. The summed E-state index contributed by atoms with van der Waals surface area (Å²) < 4.78 is 4.68. The third-order valence-electron chi connectivity index (χ3n) is 3.60.